The van der Waals surface area contributed by atoms with Crippen molar-refractivity contribution in [3.05, 3.63) is 48.3 Å². The van der Waals surface area contributed by atoms with Crippen LogP contribution in [0.1, 0.15) is 1.37 Å². The molecule has 0 heterocycles. The summed E-state index contributed by atoms with van der Waals surface area (Å²) >= 11 is 0. The van der Waals surface area contributed by atoms with E-state index < -0.39 is 5.82 Å². The Hall–Kier alpha value is -2.07. The van der Waals surface area contributed by atoms with Crippen LogP contribution in [0.5, 0.6) is 11.5 Å². The quantitative estimate of drug-likeness (QED) is 0.773. The summed E-state index contributed by atoms with van der Waals surface area (Å²) in [5.41, 5.74) is 0.862. The molecule has 0 spiro atoms. The van der Waals surface area contributed by atoms with Gasteiger partial charge >= 0.3 is 0 Å². The van der Waals surface area contributed by atoms with E-state index in [2.05, 4.69) is 0 Å². The van der Waals surface area contributed by atoms with Crippen molar-refractivity contribution >= 4 is 0 Å². The van der Waals surface area contributed by atoms with Gasteiger partial charge in [-0.05, 0) is 18.2 Å². The SMILES string of the molecule is [2H]c1c(OC)ccc(-c2ccccc2OCOC)c1F. The highest BCUT2D eigenvalue weighted by Crippen LogP contribution is 2.33. The van der Waals surface area contributed by atoms with E-state index in [0.29, 0.717) is 16.9 Å². The van der Waals surface area contributed by atoms with Gasteiger partial charge in [0.25, 0.3) is 0 Å². The first-order chi connectivity index (χ1) is 9.69. The Bertz CT molecular complexity index is 602. The van der Waals surface area contributed by atoms with Gasteiger partial charge in [-0.1, -0.05) is 18.2 Å². The Morgan fingerprint density at radius 3 is 2.63 bits per heavy atom. The van der Waals surface area contributed by atoms with Crippen LogP contribution in [0.4, 0.5) is 4.39 Å². The fourth-order valence-electron chi connectivity index (χ4n) is 1.71. The number of hydrogen-bond acceptors (Lipinski definition) is 3. The van der Waals surface area contributed by atoms with Crippen molar-refractivity contribution < 1.29 is 20.0 Å². The second-order valence-electron chi connectivity index (χ2n) is 3.80. The molecule has 0 aliphatic heterocycles. The van der Waals surface area contributed by atoms with Crippen molar-refractivity contribution in [2.24, 2.45) is 0 Å². The average molecular weight is 263 g/mol. The number of hydrogen-bond donors (Lipinski definition) is 0. The van der Waals surface area contributed by atoms with E-state index in [1.807, 2.05) is 0 Å². The lowest BCUT2D eigenvalue weighted by molar-refractivity contribution is 0.0515. The Morgan fingerprint density at radius 1 is 1.11 bits per heavy atom. The van der Waals surface area contributed by atoms with Gasteiger partial charge < -0.3 is 14.2 Å². The molecule has 0 N–H and O–H groups in total. The number of halogens is 1. The average Bonchev–Trinajstić information content (AvgIpc) is 2.48. The molecule has 3 nitrogen and oxygen atoms in total. The molecule has 2 aromatic carbocycles. The second-order valence-corrected chi connectivity index (χ2v) is 3.80. The molecule has 0 aliphatic rings. The van der Waals surface area contributed by atoms with Gasteiger partial charge in [-0.25, -0.2) is 4.39 Å². The van der Waals surface area contributed by atoms with Crippen LogP contribution in [0, 0.1) is 5.82 Å². The Labute approximate surface area is 112 Å². The standard InChI is InChI=1S/C15H15FO3/c1-17-10-19-15-6-4-3-5-13(15)12-8-7-11(18-2)9-14(12)16/h3-9H,10H2,1-2H3/i9D. The number of benzene rings is 2. The summed E-state index contributed by atoms with van der Waals surface area (Å²) in [5, 5.41) is 0. The molecule has 0 unspecified atom stereocenters. The molecule has 0 atom stereocenters. The lowest BCUT2D eigenvalue weighted by Crippen LogP contribution is -2.00. The van der Waals surface area contributed by atoms with Gasteiger partial charge in [-0.2, -0.15) is 0 Å². The maximum Gasteiger partial charge on any atom is 0.188 e. The van der Waals surface area contributed by atoms with Crippen molar-refractivity contribution in [1.29, 1.82) is 0 Å². The minimum Gasteiger partial charge on any atom is -0.497 e. The Morgan fingerprint density at radius 2 is 1.89 bits per heavy atom. The molecule has 19 heavy (non-hydrogen) atoms. The lowest BCUT2D eigenvalue weighted by atomic mass is 10.0. The molecule has 0 radical (unpaired) electrons. The first-order valence-electron chi connectivity index (χ1n) is 6.23. The summed E-state index contributed by atoms with van der Waals surface area (Å²) in [6.45, 7) is 0.0719. The molecular formula is C15H15FO3. The van der Waals surface area contributed by atoms with E-state index in [9.17, 15) is 4.39 Å². The second kappa shape index (κ2) is 6.20. The maximum absolute atomic E-state index is 14.3. The van der Waals surface area contributed by atoms with Crippen LogP contribution in [0.15, 0.2) is 42.4 Å². The monoisotopic (exact) mass is 263 g/mol. The molecular weight excluding hydrogens is 247 g/mol. The van der Waals surface area contributed by atoms with Crippen LogP contribution in [-0.2, 0) is 4.74 Å². The predicted octanol–water partition coefficient (Wildman–Crippen LogP) is 3.48. The summed E-state index contributed by atoms with van der Waals surface area (Å²) in [6.07, 6.45) is 0. The van der Waals surface area contributed by atoms with Crippen molar-refractivity contribution in [2.45, 2.75) is 0 Å². The normalized spacial score (nSPS) is 11.0. The smallest absolute Gasteiger partial charge is 0.188 e. The van der Waals surface area contributed by atoms with Gasteiger partial charge in [0.15, 0.2) is 6.79 Å². The third-order valence-corrected chi connectivity index (χ3v) is 2.60. The molecule has 0 aromatic heterocycles. The molecule has 0 amide bonds. The summed E-state index contributed by atoms with van der Waals surface area (Å²) in [4.78, 5) is 0. The number of para-hydroxylation sites is 1. The molecule has 2 aromatic rings. The third-order valence-electron chi connectivity index (χ3n) is 2.60. The maximum atomic E-state index is 14.3. The fraction of sp³-hybridized carbons (Fsp3) is 0.200. The molecule has 0 saturated heterocycles. The summed E-state index contributed by atoms with van der Waals surface area (Å²) < 4.78 is 37.2. The van der Waals surface area contributed by atoms with Crippen LogP contribution >= 0.6 is 0 Å². The number of rotatable bonds is 5. The van der Waals surface area contributed by atoms with E-state index in [0.717, 1.165) is 0 Å². The molecule has 4 heteroatoms. The van der Waals surface area contributed by atoms with E-state index in [-0.39, 0.29) is 18.6 Å². The largest absolute Gasteiger partial charge is 0.497 e. The van der Waals surface area contributed by atoms with E-state index in [1.165, 1.54) is 14.2 Å². The summed E-state index contributed by atoms with van der Waals surface area (Å²) in [7, 11) is 2.92. The minimum atomic E-state index is -0.641. The summed E-state index contributed by atoms with van der Waals surface area (Å²) in [6, 6.07) is 9.89. The van der Waals surface area contributed by atoms with Gasteiger partial charge in [0, 0.05) is 24.3 Å². The molecule has 0 aliphatic carbocycles. The minimum absolute atomic E-state index is 0.0719. The van der Waals surface area contributed by atoms with E-state index in [4.69, 9.17) is 15.6 Å². The highest BCUT2D eigenvalue weighted by molar-refractivity contribution is 5.71. The highest BCUT2D eigenvalue weighted by atomic mass is 19.1. The van der Waals surface area contributed by atoms with Gasteiger partial charge in [0.1, 0.15) is 17.3 Å². The van der Waals surface area contributed by atoms with Crippen molar-refractivity contribution in [1.82, 2.24) is 0 Å². The van der Waals surface area contributed by atoms with Crippen molar-refractivity contribution in [3.63, 3.8) is 0 Å². The van der Waals surface area contributed by atoms with Gasteiger partial charge in [-0.3, -0.25) is 0 Å². The van der Waals surface area contributed by atoms with Crippen molar-refractivity contribution in [3.8, 4) is 22.6 Å². The van der Waals surface area contributed by atoms with Gasteiger partial charge in [-0.15, -0.1) is 0 Å². The van der Waals surface area contributed by atoms with Crippen LogP contribution in [0.2, 0.25) is 0 Å². The zero-order valence-electron chi connectivity index (χ0n) is 11.8. The topological polar surface area (TPSA) is 27.7 Å². The molecule has 2 rings (SSSR count). The van der Waals surface area contributed by atoms with Crippen molar-refractivity contribution in [2.75, 3.05) is 21.0 Å². The number of ether oxygens (including phenoxy) is 3. The van der Waals surface area contributed by atoms with E-state index in [1.54, 1.807) is 36.4 Å². The van der Waals surface area contributed by atoms with Gasteiger partial charge in [0.2, 0.25) is 0 Å². The Balaban J connectivity index is 2.49. The number of methoxy groups -OCH3 is 2. The highest BCUT2D eigenvalue weighted by Gasteiger charge is 2.11. The van der Waals surface area contributed by atoms with Crippen LogP contribution < -0.4 is 9.47 Å². The third kappa shape index (κ3) is 3.03. The Kier molecular flexibility index (Phi) is 3.91. The van der Waals surface area contributed by atoms with Crippen LogP contribution in [0.25, 0.3) is 11.1 Å². The lowest BCUT2D eigenvalue weighted by Gasteiger charge is -2.12. The molecule has 100 valence electrons. The molecule has 0 saturated carbocycles. The zero-order valence-corrected chi connectivity index (χ0v) is 10.8. The van der Waals surface area contributed by atoms with E-state index >= 15 is 0 Å². The fourth-order valence-corrected chi connectivity index (χ4v) is 1.71. The molecule has 0 fully saturated rings. The predicted molar refractivity (Wildman–Crippen MR) is 70.9 cm³/mol. The first kappa shape index (κ1) is 12.0. The zero-order chi connectivity index (χ0) is 14.5. The summed E-state index contributed by atoms with van der Waals surface area (Å²) in [5.74, 6) is 0.0529. The first-order valence-corrected chi connectivity index (χ1v) is 5.73. The van der Waals surface area contributed by atoms with Gasteiger partial charge in [0.05, 0.1) is 8.48 Å². The van der Waals surface area contributed by atoms with Crippen LogP contribution in [0.3, 0.4) is 0 Å². The van der Waals surface area contributed by atoms with Crippen LogP contribution in [-0.4, -0.2) is 21.0 Å². The molecule has 0 bridgehead atoms.